The van der Waals surface area contributed by atoms with Crippen LogP contribution in [0.5, 0.6) is 5.75 Å². The second-order valence-corrected chi connectivity index (χ2v) is 5.50. The lowest BCUT2D eigenvalue weighted by atomic mass is 10.2. The van der Waals surface area contributed by atoms with Crippen LogP contribution in [0.25, 0.3) is 0 Å². The Balaban J connectivity index is 2.08. The topological polar surface area (TPSA) is 38.3 Å². The van der Waals surface area contributed by atoms with Crippen LogP contribution in [0.15, 0.2) is 46.9 Å². The van der Waals surface area contributed by atoms with Crippen LogP contribution in [0, 0.1) is 0 Å². The molecule has 0 heterocycles. The lowest BCUT2D eigenvalue weighted by Gasteiger charge is -2.10. The Bertz CT molecular complexity index is 611. The van der Waals surface area contributed by atoms with Crippen LogP contribution in [0.2, 0.25) is 5.02 Å². The number of carbonyl (C=O) groups excluding carboxylic acids is 1. The monoisotopic (exact) mass is 353 g/mol. The van der Waals surface area contributed by atoms with Gasteiger partial charge in [-0.25, -0.2) is 0 Å². The van der Waals surface area contributed by atoms with E-state index in [0.717, 1.165) is 15.8 Å². The van der Waals surface area contributed by atoms with Crippen molar-refractivity contribution in [1.29, 1.82) is 0 Å². The second-order valence-electron chi connectivity index (χ2n) is 4.15. The highest BCUT2D eigenvalue weighted by Gasteiger charge is 2.09. The third kappa shape index (κ3) is 3.74. The van der Waals surface area contributed by atoms with Gasteiger partial charge < -0.3 is 10.1 Å². The molecule has 5 heteroatoms. The Morgan fingerprint density at radius 1 is 1.30 bits per heavy atom. The maximum atomic E-state index is 12.1. The average molecular weight is 355 g/mol. The molecule has 2 rings (SSSR count). The molecule has 20 heavy (non-hydrogen) atoms. The van der Waals surface area contributed by atoms with Gasteiger partial charge in [0.15, 0.2) is 0 Å². The first-order valence-corrected chi connectivity index (χ1v) is 7.13. The minimum atomic E-state index is -0.181. The summed E-state index contributed by atoms with van der Waals surface area (Å²) in [4.78, 5) is 12.1. The largest absolute Gasteiger partial charge is 0.496 e. The van der Waals surface area contributed by atoms with Gasteiger partial charge in [-0.1, -0.05) is 45.7 Å². The number of benzene rings is 2. The van der Waals surface area contributed by atoms with E-state index in [9.17, 15) is 4.79 Å². The van der Waals surface area contributed by atoms with Crippen molar-refractivity contribution < 1.29 is 9.53 Å². The fourth-order valence-corrected chi connectivity index (χ4v) is 2.67. The summed E-state index contributed by atoms with van der Waals surface area (Å²) in [6.45, 7) is 0.396. The molecule has 0 aliphatic heterocycles. The molecule has 0 atom stereocenters. The van der Waals surface area contributed by atoms with Crippen molar-refractivity contribution in [3.63, 3.8) is 0 Å². The van der Waals surface area contributed by atoms with Crippen LogP contribution in [0.3, 0.4) is 0 Å². The van der Waals surface area contributed by atoms with Gasteiger partial charge in [-0.05, 0) is 24.3 Å². The fourth-order valence-electron chi connectivity index (χ4n) is 1.81. The Hall–Kier alpha value is -1.52. The molecular weight excluding hydrogens is 342 g/mol. The summed E-state index contributed by atoms with van der Waals surface area (Å²) in [5, 5.41) is 3.36. The van der Waals surface area contributed by atoms with Gasteiger partial charge in [0.05, 0.1) is 7.11 Å². The average Bonchev–Trinajstić information content (AvgIpc) is 2.44. The number of hydrogen-bond acceptors (Lipinski definition) is 2. The Morgan fingerprint density at radius 2 is 2.05 bits per heavy atom. The number of ether oxygens (including phenoxy) is 1. The second kappa shape index (κ2) is 6.77. The molecule has 3 nitrogen and oxygen atoms in total. The summed E-state index contributed by atoms with van der Waals surface area (Å²) in [7, 11) is 1.61. The highest BCUT2D eigenvalue weighted by molar-refractivity contribution is 9.10. The number of rotatable bonds is 4. The van der Waals surface area contributed by atoms with Crippen molar-refractivity contribution in [1.82, 2.24) is 5.32 Å². The zero-order valence-corrected chi connectivity index (χ0v) is 13.2. The van der Waals surface area contributed by atoms with Gasteiger partial charge in [-0.3, -0.25) is 4.79 Å². The molecular formula is C15H13BrClNO2. The summed E-state index contributed by atoms with van der Waals surface area (Å²) in [5.74, 6) is 0.569. The van der Waals surface area contributed by atoms with Crippen LogP contribution >= 0.6 is 27.5 Å². The first kappa shape index (κ1) is 14.9. The molecule has 0 bridgehead atoms. The van der Waals surface area contributed by atoms with E-state index in [2.05, 4.69) is 21.2 Å². The first-order chi connectivity index (χ1) is 9.60. The number of methoxy groups -OCH3 is 1. The smallest absolute Gasteiger partial charge is 0.251 e. The van der Waals surface area contributed by atoms with Crippen molar-refractivity contribution in [3.05, 3.63) is 63.1 Å². The van der Waals surface area contributed by atoms with Crippen LogP contribution in [0.4, 0.5) is 0 Å². The highest BCUT2D eigenvalue weighted by Crippen LogP contribution is 2.20. The van der Waals surface area contributed by atoms with E-state index in [4.69, 9.17) is 16.3 Å². The third-order valence-electron chi connectivity index (χ3n) is 2.76. The van der Waals surface area contributed by atoms with Crippen LogP contribution < -0.4 is 10.1 Å². The maximum Gasteiger partial charge on any atom is 0.251 e. The van der Waals surface area contributed by atoms with E-state index >= 15 is 0 Å². The van der Waals surface area contributed by atoms with Gasteiger partial charge in [0.25, 0.3) is 5.91 Å². The zero-order valence-electron chi connectivity index (χ0n) is 10.8. The molecule has 104 valence electrons. The van der Waals surface area contributed by atoms with Gasteiger partial charge in [0, 0.05) is 27.2 Å². The molecule has 0 spiro atoms. The summed E-state index contributed by atoms with van der Waals surface area (Å²) >= 11 is 9.24. The van der Waals surface area contributed by atoms with E-state index in [1.807, 2.05) is 24.3 Å². The number of amides is 1. The molecule has 0 aliphatic carbocycles. The van der Waals surface area contributed by atoms with E-state index in [1.165, 1.54) is 0 Å². The van der Waals surface area contributed by atoms with E-state index in [-0.39, 0.29) is 5.91 Å². The van der Waals surface area contributed by atoms with Crippen LogP contribution in [-0.2, 0) is 6.54 Å². The Morgan fingerprint density at radius 3 is 2.75 bits per heavy atom. The maximum absolute atomic E-state index is 12.1. The molecule has 1 N–H and O–H groups in total. The van der Waals surface area contributed by atoms with Crippen molar-refractivity contribution in [3.8, 4) is 5.75 Å². The molecule has 0 saturated heterocycles. The van der Waals surface area contributed by atoms with Crippen LogP contribution in [-0.4, -0.2) is 13.0 Å². The Labute approximate surface area is 131 Å². The molecule has 0 unspecified atom stereocenters. The molecule has 2 aromatic rings. The number of carbonyl (C=O) groups is 1. The molecule has 0 saturated carbocycles. The van der Waals surface area contributed by atoms with Crippen molar-refractivity contribution >= 4 is 33.4 Å². The number of para-hydroxylation sites is 1. The molecule has 0 aromatic heterocycles. The van der Waals surface area contributed by atoms with Crippen molar-refractivity contribution in [2.75, 3.05) is 7.11 Å². The molecule has 0 aliphatic rings. The summed E-state index contributed by atoms with van der Waals surface area (Å²) in [5.41, 5.74) is 1.43. The van der Waals surface area contributed by atoms with Crippen LogP contribution in [0.1, 0.15) is 15.9 Å². The predicted octanol–water partition coefficient (Wildman–Crippen LogP) is 4.04. The molecule has 2 aromatic carbocycles. The van der Waals surface area contributed by atoms with E-state index in [0.29, 0.717) is 17.1 Å². The third-order valence-corrected chi connectivity index (χ3v) is 3.43. The predicted molar refractivity (Wildman–Crippen MR) is 83.3 cm³/mol. The van der Waals surface area contributed by atoms with Gasteiger partial charge in [0.1, 0.15) is 5.75 Å². The Kier molecular flexibility index (Phi) is 5.04. The highest BCUT2D eigenvalue weighted by atomic mass is 79.9. The molecule has 1 amide bonds. The number of nitrogens with one attached hydrogen (secondary N) is 1. The standard InChI is InChI=1S/C15H13BrClNO2/c1-20-14-5-3-2-4-10(14)9-18-15(19)11-6-12(16)8-13(17)7-11/h2-8H,9H2,1H3,(H,18,19). The summed E-state index contributed by atoms with van der Waals surface area (Å²) < 4.78 is 6.01. The first-order valence-electron chi connectivity index (χ1n) is 5.96. The van der Waals surface area contributed by atoms with Gasteiger partial charge in [0.2, 0.25) is 0 Å². The van der Waals surface area contributed by atoms with Crippen molar-refractivity contribution in [2.24, 2.45) is 0 Å². The number of halogens is 2. The van der Waals surface area contributed by atoms with Gasteiger partial charge in [-0.2, -0.15) is 0 Å². The normalized spacial score (nSPS) is 10.2. The molecule has 0 fully saturated rings. The minimum Gasteiger partial charge on any atom is -0.496 e. The molecule has 0 radical (unpaired) electrons. The zero-order chi connectivity index (χ0) is 14.5. The SMILES string of the molecule is COc1ccccc1CNC(=O)c1cc(Cl)cc(Br)c1. The van der Waals surface area contributed by atoms with E-state index in [1.54, 1.807) is 25.3 Å². The fraction of sp³-hybridized carbons (Fsp3) is 0.133. The lowest BCUT2D eigenvalue weighted by Crippen LogP contribution is -2.23. The van der Waals surface area contributed by atoms with Gasteiger partial charge >= 0.3 is 0 Å². The number of hydrogen-bond donors (Lipinski definition) is 1. The summed E-state index contributed by atoms with van der Waals surface area (Å²) in [6.07, 6.45) is 0. The lowest BCUT2D eigenvalue weighted by molar-refractivity contribution is 0.0950. The summed E-state index contributed by atoms with van der Waals surface area (Å²) in [6, 6.07) is 12.6. The van der Waals surface area contributed by atoms with Crippen molar-refractivity contribution in [2.45, 2.75) is 6.54 Å². The quantitative estimate of drug-likeness (QED) is 0.900. The van der Waals surface area contributed by atoms with Gasteiger partial charge in [-0.15, -0.1) is 0 Å². The van der Waals surface area contributed by atoms with E-state index < -0.39 is 0 Å². The minimum absolute atomic E-state index is 0.181.